The van der Waals surface area contributed by atoms with Crippen LogP contribution in [0.25, 0.3) is 11.0 Å². The Morgan fingerprint density at radius 1 is 1.12 bits per heavy atom. The number of para-hydroxylation sites is 1. The molecule has 1 aromatic heterocycles. The third kappa shape index (κ3) is 3.59. The summed E-state index contributed by atoms with van der Waals surface area (Å²) in [6, 6.07) is 13.7. The predicted molar refractivity (Wildman–Crippen MR) is 94.3 cm³/mol. The lowest BCUT2D eigenvalue weighted by atomic mass is 10.1. The number of benzene rings is 2. The number of nitrogens with one attached hydrogen (secondary N) is 1. The molecule has 0 fully saturated rings. The molecule has 3 aromatic rings. The van der Waals surface area contributed by atoms with Crippen molar-refractivity contribution in [2.75, 3.05) is 13.2 Å². The van der Waals surface area contributed by atoms with Gasteiger partial charge in [-0.2, -0.15) is 0 Å². The molecule has 24 heavy (non-hydrogen) atoms. The second kappa shape index (κ2) is 7.21. The fourth-order valence-corrected chi connectivity index (χ4v) is 2.64. The first-order chi connectivity index (χ1) is 11.6. The summed E-state index contributed by atoms with van der Waals surface area (Å²) in [7, 11) is 0. The molecule has 1 amide bonds. The lowest BCUT2D eigenvalue weighted by molar-refractivity contribution is -0.123. The van der Waals surface area contributed by atoms with Crippen LogP contribution >= 0.6 is 0 Å². The van der Waals surface area contributed by atoms with Crippen LogP contribution in [0, 0.1) is 13.8 Å². The van der Waals surface area contributed by atoms with Crippen molar-refractivity contribution in [3.63, 3.8) is 0 Å². The zero-order chi connectivity index (χ0) is 16.9. The summed E-state index contributed by atoms with van der Waals surface area (Å²) in [4.78, 5) is 11.9. The maximum Gasteiger partial charge on any atom is 0.257 e. The molecule has 0 saturated carbocycles. The van der Waals surface area contributed by atoms with E-state index in [0.717, 1.165) is 39.8 Å². The highest BCUT2D eigenvalue weighted by Gasteiger charge is 2.08. The number of carbonyl (C=O) groups excluding carboxylic acids is 1. The van der Waals surface area contributed by atoms with Gasteiger partial charge in [0.15, 0.2) is 6.61 Å². The molecular weight excluding hydrogens is 302 g/mol. The van der Waals surface area contributed by atoms with Gasteiger partial charge in [0.2, 0.25) is 0 Å². The molecule has 3 rings (SSSR count). The standard InChI is InChI=1S/C20H21NO3/c1-14-6-5-9-18(15(14)2)24-13-20(22)21-11-10-16-12-23-19-8-4-3-7-17(16)19/h3-9,12H,10-11,13H2,1-2H3,(H,21,22). The van der Waals surface area contributed by atoms with Gasteiger partial charge in [0.25, 0.3) is 5.91 Å². The molecule has 4 nitrogen and oxygen atoms in total. The number of rotatable bonds is 6. The van der Waals surface area contributed by atoms with E-state index in [-0.39, 0.29) is 12.5 Å². The summed E-state index contributed by atoms with van der Waals surface area (Å²) in [6.45, 7) is 4.60. The van der Waals surface area contributed by atoms with E-state index in [1.54, 1.807) is 6.26 Å². The third-order valence-corrected chi connectivity index (χ3v) is 4.19. The third-order valence-electron chi connectivity index (χ3n) is 4.19. The maximum absolute atomic E-state index is 11.9. The number of furan rings is 1. The van der Waals surface area contributed by atoms with Crippen LogP contribution in [0.2, 0.25) is 0 Å². The minimum atomic E-state index is -0.122. The van der Waals surface area contributed by atoms with Crippen molar-refractivity contribution in [3.05, 3.63) is 65.4 Å². The molecule has 0 aliphatic rings. The van der Waals surface area contributed by atoms with Crippen LogP contribution in [0.15, 0.2) is 53.1 Å². The normalized spacial score (nSPS) is 10.8. The number of amides is 1. The summed E-state index contributed by atoms with van der Waals surface area (Å²) in [5, 5.41) is 3.98. The van der Waals surface area contributed by atoms with Crippen LogP contribution in [0.3, 0.4) is 0 Å². The Balaban J connectivity index is 1.48. The topological polar surface area (TPSA) is 51.5 Å². The van der Waals surface area contributed by atoms with E-state index in [0.29, 0.717) is 6.54 Å². The van der Waals surface area contributed by atoms with E-state index in [4.69, 9.17) is 9.15 Å². The molecule has 0 atom stereocenters. The Kier molecular flexibility index (Phi) is 4.85. The Morgan fingerprint density at radius 3 is 2.83 bits per heavy atom. The molecule has 0 bridgehead atoms. The first kappa shape index (κ1) is 16.1. The molecule has 0 aliphatic heterocycles. The average molecular weight is 323 g/mol. The fourth-order valence-electron chi connectivity index (χ4n) is 2.64. The van der Waals surface area contributed by atoms with Gasteiger partial charge in [-0.1, -0.05) is 30.3 Å². The summed E-state index contributed by atoms with van der Waals surface area (Å²) in [5.41, 5.74) is 4.19. The largest absolute Gasteiger partial charge is 0.483 e. The van der Waals surface area contributed by atoms with Gasteiger partial charge < -0.3 is 14.5 Å². The van der Waals surface area contributed by atoms with Crippen molar-refractivity contribution in [2.24, 2.45) is 0 Å². The van der Waals surface area contributed by atoms with E-state index in [1.165, 1.54) is 0 Å². The van der Waals surface area contributed by atoms with E-state index >= 15 is 0 Å². The molecule has 1 N–H and O–H groups in total. The molecule has 0 aliphatic carbocycles. The van der Waals surface area contributed by atoms with Gasteiger partial charge >= 0.3 is 0 Å². The zero-order valence-corrected chi connectivity index (χ0v) is 14.0. The first-order valence-electron chi connectivity index (χ1n) is 8.06. The lowest BCUT2D eigenvalue weighted by Crippen LogP contribution is -2.30. The van der Waals surface area contributed by atoms with Crippen LogP contribution in [0.1, 0.15) is 16.7 Å². The Bertz CT molecular complexity index is 851. The fraction of sp³-hybridized carbons (Fsp3) is 0.250. The van der Waals surface area contributed by atoms with Crippen LogP contribution in [-0.4, -0.2) is 19.1 Å². The summed E-state index contributed by atoms with van der Waals surface area (Å²) < 4.78 is 11.1. The smallest absolute Gasteiger partial charge is 0.257 e. The Hall–Kier alpha value is -2.75. The van der Waals surface area contributed by atoms with Gasteiger partial charge in [-0.15, -0.1) is 0 Å². The first-order valence-corrected chi connectivity index (χ1v) is 8.06. The van der Waals surface area contributed by atoms with Crippen molar-refractivity contribution in [1.82, 2.24) is 5.32 Å². The number of ether oxygens (including phenoxy) is 1. The number of hydrogen-bond donors (Lipinski definition) is 1. The van der Waals surface area contributed by atoms with Crippen molar-refractivity contribution >= 4 is 16.9 Å². The summed E-state index contributed by atoms with van der Waals surface area (Å²) in [5.74, 6) is 0.634. The average Bonchev–Trinajstić information content (AvgIpc) is 3.00. The monoisotopic (exact) mass is 323 g/mol. The number of carbonyl (C=O) groups is 1. The second-order valence-corrected chi connectivity index (χ2v) is 5.84. The molecule has 0 saturated heterocycles. The van der Waals surface area contributed by atoms with Crippen molar-refractivity contribution in [2.45, 2.75) is 20.3 Å². The highest BCUT2D eigenvalue weighted by atomic mass is 16.5. The van der Waals surface area contributed by atoms with E-state index < -0.39 is 0 Å². The van der Waals surface area contributed by atoms with Crippen molar-refractivity contribution in [1.29, 1.82) is 0 Å². The molecule has 0 spiro atoms. The molecule has 0 radical (unpaired) electrons. The van der Waals surface area contributed by atoms with Gasteiger partial charge in [0.1, 0.15) is 11.3 Å². The molecule has 124 valence electrons. The van der Waals surface area contributed by atoms with Crippen LogP contribution in [-0.2, 0) is 11.2 Å². The predicted octanol–water partition coefficient (Wildman–Crippen LogP) is 3.79. The van der Waals surface area contributed by atoms with Gasteiger partial charge in [0, 0.05) is 11.9 Å². The van der Waals surface area contributed by atoms with Crippen LogP contribution < -0.4 is 10.1 Å². The van der Waals surface area contributed by atoms with Crippen molar-refractivity contribution < 1.29 is 13.9 Å². The summed E-state index contributed by atoms with van der Waals surface area (Å²) >= 11 is 0. The molecule has 2 aromatic carbocycles. The van der Waals surface area contributed by atoms with E-state index in [2.05, 4.69) is 5.32 Å². The van der Waals surface area contributed by atoms with Gasteiger partial charge in [-0.05, 0) is 49.1 Å². The Morgan fingerprint density at radius 2 is 1.96 bits per heavy atom. The molecule has 4 heteroatoms. The zero-order valence-electron chi connectivity index (χ0n) is 14.0. The quantitative estimate of drug-likeness (QED) is 0.751. The number of hydrogen-bond acceptors (Lipinski definition) is 3. The SMILES string of the molecule is Cc1cccc(OCC(=O)NCCc2coc3ccccc23)c1C. The number of aryl methyl sites for hydroxylation is 1. The van der Waals surface area contributed by atoms with Gasteiger partial charge in [0.05, 0.1) is 6.26 Å². The minimum absolute atomic E-state index is 0.0242. The van der Waals surface area contributed by atoms with Crippen LogP contribution in [0.5, 0.6) is 5.75 Å². The lowest BCUT2D eigenvalue weighted by Gasteiger charge is -2.11. The molecule has 0 unspecified atom stereocenters. The maximum atomic E-state index is 11.9. The Labute approximate surface area is 141 Å². The number of fused-ring (bicyclic) bond motifs is 1. The minimum Gasteiger partial charge on any atom is -0.483 e. The van der Waals surface area contributed by atoms with Gasteiger partial charge in [-0.25, -0.2) is 0 Å². The molecule has 1 heterocycles. The highest BCUT2D eigenvalue weighted by molar-refractivity contribution is 5.81. The summed E-state index contributed by atoms with van der Waals surface area (Å²) in [6.07, 6.45) is 2.48. The van der Waals surface area contributed by atoms with E-state index in [9.17, 15) is 4.79 Å². The van der Waals surface area contributed by atoms with Crippen molar-refractivity contribution in [3.8, 4) is 5.75 Å². The second-order valence-electron chi connectivity index (χ2n) is 5.84. The molecular formula is C20H21NO3. The highest BCUT2D eigenvalue weighted by Crippen LogP contribution is 2.21. The van der Waals surface area contributed by atoms with Gasteiger partial charge in [-0.3, -0.25) is 4.79 Å². The van der Waals surface area contributed by atoms with Crippen LogP contribution in [0.4, 0.5) is 0 Å². The van der Waals surface area contributed by atoms with E-state index in [1.807, 2.05) is 56.3 Å².